The van der Waals surface area contributed by atoms with Gasteiger partial charge in [-0.05, 0) is 46.0 Å². The SMILES string of the molecule is CC1CCN(C(=O)OC(C)(C)C)C(C2C(=O)CCCC2=O)C1. The Bertz CT molecular complexity index is 450. The monoisotopic (exact) mass is 309 g/mol. The van der Waals surface area contributed by atoms with Crippen molar-refractivity contribution in [1.29, 1.82) is 0 Å². The van der Waals surface area contributed by atoms with E-state index in [1.807, 2.05) is 20.8 Å². The van der Waals surface area contributed by atoms with Crippen LogP contribution in [0.2, 0.25) is 0 Å². The minimum absolute atomic E-state index is 0.0103. The number of nitrogens with zero attached hydrogens (tertiary/aromatic N) is 1. The molecule has 0 aromatic carbocycles. The Hall–Kier alpha value is -1.39. The molecule has 22 heavy (non-hydrogen) atoms. The molecule has 5 heteroatoms. The molecule has 2 fully saturated rings. The summed E-state index contributed by atoms with van der Waals surface area (Å²) >= 11 is 0. The largest absolute Gasteiger partial charge is 0.444 e. The first-order valence-corrected chi connectivity index (χ1v) is 8.24. The van der Waals surface area contributed by atoms with Gasteiger partial charge in [-0.2, -0.15) is 0 Å². The summed E-state index contributed by atoms with van der Waals surface area (Å²) in [5, 5.41) is 0. The van der Waals surface area contributed by atoms with Gasteiger partial charge in [0.1, 0.15) is 17.2 Å². The second-order valence-corrected chi connectivity index (χ2v) is 7.63. The van der Waals surface area contributed by atoms with Crippen LogP contribution in [0.25, 0.3) is 0 Å². The Labute approximate surface area is 132 Å². The van der Waals surface area contributed by atoms with E-state index in [1.54, 1.807) is 4.90 Å². The van der Waals surface area contributed by atoms with E-state index in [9.17, 15) is 14.4 Å². The lowest BCUT2D eigenvalue weighted by atomic mass is 9.76. The van der Waals surface area contributed by atoms with Gasteiger partial charge < -0.3 is 9.64 Å². The van der Waals surface area contributed by atoms with Gasteiger partial charge in [0.2, 0.25) is 0 Å². The first kappa shape index (κ1) is 17.0. The number of rotatable bonds is 1. The van der Waals surface area contributed by atoms with E-state index in [4.69, 9.17) is 4.74 Å². The minimum atomic E-state index is -0.649. The topological polar surface area (TPSA) is 63.7 Å². The zero-order chi connectivity index (χ0) is 16.5. The predicted molar refractivity (Wildman–Crippen MR) is 82.5 cm³/mol. The van der Waals surface area contributed by atoms with Crippen LogP contribution < -0.4 is 0 Å². The minimum Gasteiger partial charge on any atom is -0.444 e. The van der Waals surface area contributed by atoms with Gasteiger partial charge in [0.15, 0.2) is 0 Å². The lowest BCUT2D eigenvalue weighted by Gasteiger charge is -2.42. The highest BCUT2D eigenvalue weighted by atomic mass is 16.6. The van der Waals surface area contributed by atoms with E-state index in [0.29, 0.717) is 38.1 Å². The Morgan fingerprint density at radius 3 is 2.32 bits per heavy atom. The van der Waals surface area contributed by atoms with Crippen molar-refractivity contribution in [2.45, 2.75) is 71.4 Å². The number of Topliss-reactive ketones (excluding diaryl/α,β-unsaturated/α-hetero) is 2. The fourth-order valence-corrected chi connectivity index (χ4v) is 3.40. The van der Waals surface area contributed by atoms with E-state index < -0.39 is 17.6 Å². The summed E-state index contributed by atoms with van der Waals surface area (Å²) in [4.78, 5) is 38.6. The predicted octanol–water partition coefficient (Wildman–Crippen LogP) is 2.96. The van der Waals surface area contributed by atoms with Crippen molar-refractivity contribution in [2.75, 3.05) is 6.54 Å². The fourth-order valence-electron chi connectivity index (χ4n) is 3.40. The molecule has 1 saturated carbocycles. The molecule has 0 spiro atoms. The van der Waals surface area contributed by atoms with Gasteiger partial charge in [0.25, 0.3) is 0 Å². The van der Waals surface area contributed by atoms with Crippen LogP contribution in [0.1, 0.15) is 59.8 Å². The molecule has 2 rings (SSSR count). The van der Waals surface area contributed by atoms with Crippen molar-refractivity contribution < 1.29 is 19.1 Å². The first-order chi connectivity index (χ1) is 10.2. The molecule has 2 atom stereocenters. The number of hydrogen-bond acceptors (Lipinski definition) is 4. The van der Waals surface area contributed by atoms with Crippen molar-refractivity contribution in [3.63, 3.8) is 0 Å². The molecular weight excluding hydrogens is 282 g/mol. The Morgan fingerprint density at radius 1 is 1.18 bits per heavy atom. The Morgan fingerprint density at radius 2 is 1.77 bits per heavy atom. The fraction of sp³-hybridized carbons (Fsp3) is 0.824. The molecule has 1 saturated heterocycles. The van der Waals surface area contributed by atoms with Crippen LogP contribution >= 0.6 is 0 Å². The molecule has 124 valence electrons. The number of carbonyl (C=O) groups excluding carboxylic acids is 3. The van der Waals surface area contributed by atoms with Gasteiger partial charge in [-0.1, -0.05) is 6.92 Å². The van der Waals surface area contributed by atoms with Gasteiger partial charge in [-0.25, -0.2) is 4.79 Å². The molecule has 5 nitrogen and oxygen atoms in total. The smallest absolute Gasteiger partial charge is 0.410 e. The van der Waals surface area contributed by atoms with Crippen LogP contribution in [0, 0.1) is 11.8 Å². The van der Waals surface area contributed by atoms with Crippen LogP contribution in [0.15, 0.2) is 0 Å². The third-order valence-electron chi connectivity index (χ3n) is 4.46. The zero-order valence-corrected chi connectivity index (χ0v) is 14.1. The standard InChI is InChI=1S/C17H27NO4/c1-11-8-9-18(16(21)22-17(2,3)4)12(10-11)15-13(19)6-5-7-14(15)20/h11-12,15H,5-10H2,1-4H3. The highest BCUT2D eigenvalue weighted by Crippen LogP contribution is 2.33. The van der Waals surface area contributed by atoms with E-state index in [1.165, 1.54) is 0 Å². The highest BCUT2D eigenvalue weighted by Gasteiger charge is 2.44. The second kappa shape index (κ2) is 6.39. The van der Waals surface area contributed by atoms with E-state index in [2.05, 4.69) is 6.92 Å². The molecular formula is C17H27NO4. The molecule has 2 unspecified atom stereocenters. The van der Waals surface area contributed by atoms with E-state index in [0.717, 1.165) is 6.42 Å². The summed E-state index contributed by atoms with van der Waals surface area (Å²) in [5.41, 5.74) is -0.578. The number of ketones is 2. The van der Waals surface area contributed by atoms with Crippen LogP contribution in [-0.4, -0.2) is 40.7 Å². The average molecular weight is 309 g/mol. The molecule has 0 aromatic rings. The maximum absolute atomic E-state index is 12.5. The van der Waals surface area contributed by atoms with Gasteiger partial charge in [0.05, 0.1) is 12.0 Å². The molecule has 1 aliphatic carbocycles. The number of hydrogen-bond donors (Lipinski definition) is 0. The molecule has 1 amide bonds. The van der Waals surface area contributed by atoms with Crippen LogP contribution in [-0.2, 0) is 14.3 Å². The average Bonchev–Trinajstić information content (AvgIpc) is 2.36. The van der Waals surface area contributed by atoms with Crippen molar-refractivity contribution in [3.8, 4) is 0 Å². The van der Waals surface area contributed by atoms with E-state index >= 15 is 0 Å². The van der Waals surface area contributed by atoms with Gasteiger partial charge in [0, 0.05) is 19.4 Å². The number of likely N-dealkylation sites (tertiary alicyclic amines) is 1. The van der Waals surface area contributed by atoms with Crippen LogP contribution in [0.3, 0.4) is 0 Å². The third-order valence-corrected chi connectivity index (χ3v) is 4.46. The third kappa shape index (κ3) is 3.87. The number of ether oxygens (including phenoxy) is 1. The van der Waals surface area contributed by atoms with Crippen molar-refractivity contribution in [1.82, 2.24) is 4.90 Å². The van der Waals surface area contributed by atoms with Gasteiger partial charge in [-0.3, -0.25) is 9.59 Å². The van der Waals surface area contributed by atoms with E-state index in [-0.39, 0.29) is 17.6 Å². The zero-order valence-electron chi connectivity index (χ0n) is 14.1. The summed E-state index contributed by atoms with van der Waals surface area (Å²) in [6, 6.07) is -0.334. The normalized spacial score (nSPS) is 27.9. The highest BCUT2D eigenvalue weighted by molar-refractivity contribution is 6.05. The second-order valence-electron chi connectivity index (χ2n) is 7.63. The maximum Gasteiger partial charge on any atom is 0.410 e. The molecule has 0 N–H and O–H groups in total. The lowest BCUT2D eigenvalue weighted by molar-refractivity contribution is -0.139. The first-order valence-electron chi connectivity index (χ1n) is 8.24. The number of carbonyl (C=O) groups is 3. The maximum atomic E-state index is 12.5. The summed E-state index contributed by atoms with van der Waals surface area (Å²) in [5.74, 6) is -0.261. The summed E-state index contributed by atoms with van der Waals surface area (Å²) in [6.07, 6.45) is 2.71. The van der Waals surface area contributed by atoms with Gasteiger partial charge >= 0.3 is 6.09 Å². The molecule has 1 heterocycles. The Kier molecular flexibility index (Phi) is 4.93. The van der Waals surface area contributed by atoms with Crippen LogP contribution in [0.5, 0.6) is 0 Å². The lowest BCUT2D eigenvalue weighted by Crippen LogP contribution is -2.55. The molecule has 2 aliphatic rings. The molecule has 0 bridgehead atoms. The Balaban J connectivity index is 2.21. The summed E-state index contributed by atoms with van der Waals surface area (Å²) < 4.78 is 5.47. The number of piperidine rings is 1. The molecule has 0 aromatic heterocycles. The molecule has 1 aliphatic heterocycles. The van der Waals surface area contributed by atoms with Gasteiger partial charge in [-0.15, -0.1) is 0 Å². The summed E-state index contributed by atoms with van der Waals surface area (Å²) in [7, 11) is 0. The number of amides is 1. The van der Waals surface area contributed by atoms with Crippen molar-refractivity contribution in [2.24, 2.45) is 11.8 Å². The quantitative estimate of drug-likeness (QED) is 0.699. The van der Waals surface area contributed by atoms with Crippen molar-refractivity contribution >= 4 is 17.7 Å². The molecule has 0 radical (unpaired) electrons. The summed E-state index contributed by atoms with van der Waals surface area (Å²) in [6.45, 7) is 8.13. The van der Waals surface area contributed by atoms with Crippen molar-refractivity contribution in [3.05, 3.63) is 0 Å². The van der Waals surface area contributed by atoms with Crippen LogP contribution in [0.4, 0.5) is 4.79 Å².